The van der Waals surface area contributed by atoms with Crippen molar-refractivity contribution in [2.45, 2.75) is 32.6 Å². The minimum atomic E-state index is 0. The van der Waals surface area contributed by atoms with E-state index >= 15 is 0 Å². The zero-order valence-corrected chi connectivity index (χ0v) is 14.8. The van der Waals surface area contributed by atoms with Crippen LogP contribution in [0, 0.1) is 0 Å². The number of benzene rings is 1. The average molecular weight is 387 g/mol. The van der Waals surface area contributed by atoms with Crippen LogP contribution in [0.15, 0.2) is 35.3 Å². The second kappa shape index (κ2) is 9.21. The molecule has 0 aromatic heterocycles. The van der Waals surface area contributed by atoms with Crippen LogP contribution in [0.25, 0.3) is 0 Å². The first-order valence-corrected chi connectivity index (χ1v) is 7.39. The molecule has 0 spiro atoms. The molecule has 0 bridgehead atoms. The molecule has 20 heavy (non-hydrogen) atoms. The molecule has 1 N–H and O–H groups in total. The summed E-state index contributed by atoms with van der Waals surface area (Å²) in [4.78, 5) is 7.18. The van der Waals surface area contributed by atoms with Crippen LogP contribution in [-0.4, -0.2) is 37.0 Å². The van der Waals surface area contributed by atoms with Crippen LogP contribution in [0.4, 0.5) is 0 Å². The summed E-state index contributed by atoms with van der Waals surface area (Å²) < 4.78 is 0. The van der Waals surface area contributed by atoms with E-state index in [9.17, 15) is 0 Å². The second-order valence-corrected chi connectivity index (χ2v) is 5.20. The van der Waals surface area contributed by atoms with Crippen molar-refractivity contribution in [3.63, 3.8) is 0 Å². The first-order valence-electron chi connectivity index (χ1n) is 7.39. The molecule has 1 aromatic rings. The number of aliphatic imine (C=N–C) groups is 1. The topological polar surface area (TPSA) is 27.6 Å². The Kier molecular flexibility index (Phi) is 7.95. The fourth-order valence-electron chi connectivity index (χ4n) is 2.47. The maximum Gasteiger partial charge on any atom is 0.193 e. The first kappa shape index (κ1) is 17.3. The highest BCUT2D eigenvalue weighted by molar-refractivity contribution is 14.0. The van der Waals surface area contributed by atoms with E-state index in [0.29, 0.717) is 5.92 Å². The van der Waals surface area contributed by atoms with Crippen LogP contribution in [-0.2, 0) is 0 Å². The van der Waals surface area contributed by atoms with Crippen LogP contribution in [0.1, 0.15) is 38.2 Å². The summed E-state index contributed by atoms with van der Waals surface area (Å²) in [5, 5.41) is 3.41. The minimum absolute atomic E-state index is 0. The Morgan fingerprint density at radius 2 is 1.90 bits per heavy atom. The Hall–Kier alpha value is -0.780. The Balaban J connectivity index is 0.00000200. The van der Waals surface area contributed by atoms with Crippen LogP contribution in [0.2, 0.25) is 0 Å². The van der Waals surface area contributed by atoms with Gasteiger partial charge in [-0.3, -0.25) is 4.99 Å². The number of guanidine groups is 1. The fourth-order valence-corrected chi connectivity index (χ4v) is 2.47. The second-order valence-electron chi connectivity index (χ2n) is 5.20. The number of nitrogens with zero attached hydrogens (tertiary/aromatic N) is 2. The van der Waals surface area contributed by atoms with Gasteiger partial charge in [0.1, 0.15) is 0 Å². The van der Waals surface area contributed by atoms with E-state index in [0.717, 1.165) is 32.1 Å². The molecule has 1 fully saturated rings. The lowest BCUT2D eigenvalue weighted by Crippen LogP contribution is -2.39. The third-order valence-corrected chi connectivity index (χ3v) is 3.62. The van der Waals surface area contributed by atoms with Gasteiger partial charge < -0.3 is 10.2 Å². The van der Waals surface area contributed by atoms with Gasteiger partial charge in [0.2, 0.25) is 0 Å². The quantitative estimate of drug-likeness (QED) is 0.487. The van der Waals surface area contributed by atoms with Gasteiger partial charge in [-0.1, -0.05) is 37.3 Å². The minimum Gasteiger partial charge on any atom is -0.357 e. The predicted octanol–water partition coefficient (Wildman–Crippen LogP) is 3.47. The normalized spacial score (nSPS) is 16.7. The van der Waals surface area contributed by atoms with E-state index in [-0.39, 0.29) is 24.0 Å². The van der Waals surface area contributed by atoms with E-state index in [1.807, 2.05) is 0 Å². The number of hydrogen-bond acceptors (Lipinski definition) is 1. The maximum absolute atomic E-state index is 4.80. The van der Waals surface area contributed by atoms with Crippen molar-refractivity contribution in [3.05, 3.63) is 35.9 Å². The van der Waals surface area contributed by atoms with Gasteiger partial charge in [0.25, 0.3) is 0 Å². The van der Waals surface area contributed by atoms with Crippen molar-refractivity contribution < 1.29 is 0 Å². The molecule has 1 aromatic carbocycles. The highest BCUT2D eigenvalue weighted by Gasteiger charge is 2.15. The van der Waals surface area contributed by atoms with Crippen molar-refractivity contribution in [3.8, 4) is 0 Å². The zero-order chi connectivity index (χ0) is 13.5. The fraction of sp³-hybridized carbons (Fsp3) is 0.562. The predicted molar refractivity (Wildman–Crippen MR) is 97.1 cm³/mol. The third-order valence-electron chi connectivity index (χ3n) is 3.62. The average Bonchev–Trinajstić information content (AvgIpc) is 2.98. The van der Waals surface area contributed by atoms with Crippen molar-refractivity contribution in [1.82, 2.24) is 10.2 Å². The molecule has 112 valence electrons. The number of likely N-dealkylation sites (tertiary alicyclic amines) is 1. The molecule has 0 saturated carbocycles. The lowest BCUT2D eigenvalue weighted by molar-refractivity contribution is 0.492. The summed E-state index contributed by atoms with van der Waals surface area (Å²) >= 11 is 0. The third kappa shape index (κ3) is 4.96. The molecule has 1 saturated heterocycles. The Labute approximate surface area is 139 Å². The monoisotopic (exact) mass is 387 g/mol. The van der Waals surface area contributed by atoms with Crippen LogP contribution in [0.3, 0.4) is 0 Å². The molecule has 1 heterocycles. The highest BCUT2D eigenvalue weighted by atomic mass is 127. The summed E-state index contributed by atoms with van der Waals surface area (Å²) in [5.74, 6) is 1.56. The standard InChI is InChI=1S/C16H25N3.HI/c1-3-17-16(19-11-7-8-12-19)18-13-14(2)15-9-5-4-6-10-15;/h4-6,9-10,14H,3,7-8,11-13H2,1-2H3,(H,17,18);1H. The number of hydrogen-bond donors (Lipinski definition) is 1. The molecule has 3 nitrogen and oxygen atoms in total. The van der Waals surface area contributed by atoms with Gasteiger partial charge in [0, 0.05) is 32.1 Å². The lowest BCUT2D eigenvalue weighted by Gasteiger charge is -2.21. The molecule has 0 amide bonds. The van der Waals surface area contributed by atoms with E-state index in [1.165, 1.54) is 18.4 Å². The maximum atomic E-state index is 4.80. The summed E-state index contributed by atoms with van der Waals surface area (Å²) in [6.07, 6.45) is 2.58. The van der Waals surface area contributed by atoms with E-state index < -0.39 is 0 Å². The Morgan fingerprint density at radius 3 is 2.50 bits per heavy atom. The summed E-state index contributed by atoms with van der Waals surface area (Å²) in [7, 11) is 0. The van der Waals surface area contributed by atoms with Gasteiger partial charge in [0.15, 0.2) is 5.96 Å². The van der Waals surface area contributed by atoms with Crippen molar-refractivity contribution in [2.24, 2.45) is 4.99 Å². The molecular weight excluding hydrogens is 361 g/mol. The van der Waals surface area contributed by atoms with Gasteiger partial charge in [-0.05, 0) is 25.3 Å². The van der Waals surface area contributed by atoms with E-state index in [2.05, 4.69) is 54.4 Å². The van der Waals surface area contributed by atoms with Gasteiger partial charge in [-0.15, -0.1) is 24.0 Å². The molecule has 4 heteroatoms. The number of nitrogens with one attached hydrogen (secondary N) is 1. The van der Waals surface area contributed by atoms with Gasteiger partial charge in [-0.2, -0.15) is 0 Å². The van der Waals surface area contributed by atoms with Crippen LogP contribution < -0.4 is 5.32 Å². The smallest absolute Gasteiger partial charge is 0.193 e. The summed E-state index contributed by atoms with van der Waals surface area (Å²) in [6, 6.07) is 10.6. The van der Waals surface area contributed by atoms with Gasteiger partial charge in [-0.25, -0.2) is 0 Å². The molecule has 1 aliphatic rings. The zero-order valence-electron chi connectivity index (χ0n) is 12.5. The van der Waals surface area contributed by atoms with Crippen LogP contribution >= 0.6 is 24.0 Å². The van der Waals surface area contributed by atoms with Gasteiger partial charge in [0.05, 0.1) is 0 Å². The summed E-state index contributed by atoms with van der Waals surface area (Å²) in [6.45, 7) is 8.45. The number of halogens is 1. The lowest BCUT2D eigenvalue weighted by atomic mass is 10.0. The number of rotatable bonds is 4. The SMILES string of the molecule is CCNC(=NCC(C)c1ccccc1)N1CCCC1.I. The molecular formula is C16H26IN3. The van der Waals surface area contributed by atoms with Crippen LogP contribution in [0.5, 0.6) is 0 Å². The van der Waals surface area contributed by atoms with Crippen molar-refractivity contribution >= 4 is 29.9 Å². The van der Waals surface area contributed by atoms with Crippen molar-refractivity contribution in [1.29, 1.82) is 0 Å². The first-order chi connectivity index (χ1) is 9.31. The highest BCUT2D eigenvalue weighted by Crippen LogP contribution is 2.15. The molecule has 0 aliphatic carbocycles. The molecule has 2 rings (SSSR count). The molecule has 1 aliphatic heterocycles. The summed E-state index contributed by atoms with van der Waals surface area (Å²) in [5.41, 5.74) is 1.36. The van der Waals surface area contributed by atoms with Crippen molar-refractivity contribution in [2.75, 3.05) is 26.2 Å². The molecule has 1 atom stereocenters. The molecule has 1 unspecified atom stereocenters. The van der Waals surface area contributed by atoms with Gasteiger partial charge >= 0.3 is 0 Å². The van der Waals surface area contributed by atoms with E-state index in [1.54, 1.807) is 0 Å². The Morgan fingerprint density at radius 1 is 1.25 bits per heavy atom. The molecule has 0 radical (unpaired) electrons. The Bertz CT molecular complexity index is 399. The largest absolute Gasteiger partial charge is 0.357 e. The van der Waals surface area contributed by atoms with E-state index in [4.69, 9.17) is 4.99 Å².